The van der Waals surface area contributed by atoms with Crippen molar-refractivity contribution in [2.24, 2.45) is 0 Å². The lowest BCUT2D eigenvalue weighted by Crippen LogP contribution is -2.15. The molecule has 1 aliphatic carbocycles. The summed E-state index contributed by atoms with van der Waals surface area (Å²) in [5, 5.41) is 0. The number of nitrogen functional groups attached to an aromatic ring is 1. The molecule has 2 rings (SSSR count). The van der Waals surface area contributed by atoms with E-state index >= 15 is 0 Å². The molecule has 15 heavy (non-hydrogen) atoms. The molecule has 0 amide bonds. The zero-order valence-electron chi connectivity index (χ0n) is 8.29. The van der Waals surface area contributed by atoms with Gasteiger partial charge in [-0.25, -0.2) is 14.4 Å². The SMILES string of the molecule is Nc1ncc([C@H]2CC[C@H](F)CC2)nc1Br. The van der Waals surface area contributed by atoms with E-state index < -0.39 is 6.17 Å². The van der Waals surface area contributed by atoms with E-state index in [2.05, 4.69) is 25.9 Å². The van der Waals surface area contributed by atoms with E-state index in [1.807, 2.05) is 0 Å². The van der Waals surface area contributed by atoms with Crippen LogP contribution >= 0.6 is 15.9 Å². The summed E-state index contributed by atoms with van der Waals surface area (Å²) in [6, 6.07) is 0. The van der Waals surface area contributed by atoms with Gasteiger partial charge in [0, 0.05) is 5.92 Å². The van der Waals surface area contributed by atoms with Gasteiger partial charge in [0.05, 0.1) is 11.9 Å². The van der Waals surface area contributed by atoms with Gasteiger partial charge in [0.2, 0.25) is 0 Å². The number of alkyl halides is 1. The Morgan fingerprint density at radius 1 is 1.33 bits per heavy atom. The first-order chi connectivity index (χ1) is 7.16. The highest BCUT2D eigenvalue weighted by atomic mass is 79.9. The molecule has 0 atom stereocenters. The highest BCUT2D eigenvalue weighted by Crippen LogP contribution is 2.33. The number of hydrogen-bond acceptors (Lipinski definition) is 3. The quantitative estimate of drug-likeness (QED) is 0.856. The highest BCUT2D eigenvalue weighted by molar-refractivity contribution is 9.10. The Bertz CT molecular complexity index is 351. The van der Waals surface area contributed by atoms with Crippen LogP contribution in [0.1, 0.15) is 37.3 Å². The standard InChI is InChI=1S/C10H13BrFN3/c11-9-10(13)14-5-8(15-9)6-1-3-7(12)4-2-6/h5-7H,1-4H2,(H2,13,14)/t6-,7-. The van der Waals surface area contributed by atoms with E-state index in [1.54, 1.807) is 6.20 Å². The first-order valence-electron chi connectivity index (χ1n) is 5.09. The molecule has 0 aliphatic heterocycles. The maximum absolute atomic E-state index is 13.0. The molecular weight excluding hydrogens is 261 g/mol. The van der Waals surface area contributed by atoms with E-state index in [0.717, 1.165) is 18.5 Å². The second-order valence-corrected chi connectivity index (χ2v) is 4.67. The molecule has 1 fully saturated rings. The van der Waals surface area contributed by atoms with Gasteiger partial charge in [-0.05, 0) is 41.6 Å². The minimum absolute atomic E-state index is 0.335. The van der Waals surface area contributed by atoms with Crippen LogP contribution in [-0.4, -0.2) is 16.1 Å². The van der Waals surface area contributed by atoms with Crippen molar-refractivity contribution in [1.29, 1.82) is 0 Å². The van der Waals surface area contributed by atoms with E-state index in [1.165, 1.54) is 0 Å². The third-order valence-corrected chi connectivity index (χ3v) is 3.43. The minimum Gasteiger partial charge on any atom is -0.381 e. The van der Waals surface area contributed by atoms with Crippen molar-refractivity contribution >= 4 is 21.7 Å². The number of halogens is 2. The van der Waals surface area contributed by atoms with Crippen molar-refractivity contribution in [1.82, 2.24) is 9.97 Å². The van der Waals surface area contributed by atoms with Gasteiger partial charge in [0.1, 0.15) is 10.8 Å². The fourth-order valence-corrected chi connectivity index (χ4v) is 2.24. The zero-order valence-corrected chi connectivity index (χ0v) is 9.87. The third-order valence-electron chi connectivity index (χ3n) is 2.85. The van der Waals surface area contributed by atoms with E-state index in [4.69, 9.17) is 5.73 Å². The molecule has 0 unspecified atom stereocenters. The molecule has 2 N–H and O–H groups in total. The largest absolute Gasteiger partial charge is 0.381 e. The van der Waals surface area contributed by atoms with Crippen LogP contribution in [0.2, 0.25) is 0 Å². The molecule has 1 heterocycles. The average Bonchev–Trinajstić information content (AvgIpc) is 2.23. The first kappa shape index (κ1) is 10.8. The summed E-state index contributed by atoms with van der Waals surface area (Å²) in [7, 11) is 0. The number of anilines is 1. The molecule has 0 aromatic carbocycles. The number of aromatic nitrogens is 2. The lowest BCUT2D eigenvalue weighted by atomic mass is 9.86. The van der Waals surface area contributed by atoms with Crippen LogP contribution in [0.4, 0.5) is 10.2 Å². The van der Waals surface area contributed by atoms with Crippen LogP contribution in [0, 0.1) is 0 Å². The molecule has 0 radical (unpaired) electrons. The lowest BCUT2D eigenvalue weighted by molar-refractivity contribution is 0.233. The second-order valence-electron chi connectivity index (χ2n) is 3.92. The van der Waals surface area contributed by atoms with Gasteiger partial charge in [-0.15, -0.1) is 0 Å². The van der Waals surface area contributed by atoms with Crippen molar-refractivity contribution in [3.63, 3.8) is 0 Å². The predicted molar refractivity (Wildman–Crippen MR) is 60.2 cm³/mol. The van der Waals surface area contributed by atoms with Gasteiger partial charge >= 0.3 is 0 Å². The highest BCUT2D eigenvalue weighted by Gasteiger charge is 2.23. The Balaban J connectivity index is 2.12. The Kier molecular flexibility index (Phi) is 3.19. The van der Waals surface area contributed by atoms with E-state index in [9.17, 15) is 4.39 Å². The topological polar surface area (TPSA) is 51.8 Å². The third kappa shape index (κ3) is 2.45. The number of hydrogen-bond donors (Lipinski definition) is 1. The molecule has 1 saturated carbocycles. The number of rotatable bonds is 1. The molecule has 0 bridgehead atoms. The summed E-state index contributed by atoms with van der Waals surface area (Å²) in [6.07, 6.45) is 4.04. The summed E-state index contributed by atoms with van der Waals surface area (Å²) in [6.45, 7) is 0. The Morgan fingerprint density at radius 2 is 2.00 bits per heavy atom. The summed E-state index contributed by atoms with van der Waals surface area (Å²) >= 11 is 3.25. The molecule has 82 valence electrons. The maximum Gasteiger partial charge on any atom is 0.156 e. The smallest absolute Gasteiger partial charge is 0.156 e. The molecule has 5 heteroatoms. The van der Waals surface area contributed by atoms with E-state index in [0.29, 0.717) is 29.2 Å². The molecule has 0 saturated heterocycles. The van der Waals surface area contributed by atoms with Crippen LogP contribution in [0.3, 0.4) is 0 Å². The summed E-state index contributed by atoms with van der Waals surface area (Å²) < 4.78 is 13.5. The predicted octanol–water partition coefficient (Wildman–Crippen LogP) is 2.82. The van der Waals surface area contributed by atoms with Gasteiger partial charge in [-0.3, -0.25) is 0 Å². The van der Waals surface area contributed by atoms with Crippen LogP contribution in [0.15, 0.2) is 10.8 Å². The fourth-order valence-electron chi connectivity index (χ4n) is 1.93. The molecule has 0 spiro atoms. The van der Waals surface area contributed by atoms with Crippen molar-refractivity contribution in [2.75, 3.05) is 5.73 Å². The number of nitrogens with zero attached hydrogens (tertiary/aromatic N) is 2. The van der Waals surface area contributed by atoms with Gasteiger partial charge in [-0.2, -0.15) is 0 Å². The maximum atomic E-state index is 13.0. The molecule has 1 aromatic rings. The molecular formula is C10H13BrFN3. The van der Waals surface area contributed by atoms with Crippen LogP contribution < -0.4 is 5.73 Å². The van der Waals surface area contributed by atoms with E-state index in [-0.39, 0.29) is 0 Å². The van der Waals surface area contributed by atoms with Crippen molar-refractivity contribution in [3.05, 3.63) is 16.5 Å². The van der Waals surface area contributed by atoms with Gasteiger partial charge < -0.3 is 5.73 Å². The van der Waals surface area contributed by atoms with Gasteiger partial charge in [-0.1, -0.05) is 0 Å². The van der Waals surface area contributed by atoms with Crippen LogP contribution in [0.5, 0.6) is 0 Å². The molecule has 1 aromatic heterocycles. The van der Waals surface area contributed by atoms with Crippen molar-refractivity contribution < 1.29 is 4.39 Å². The van der Waals surface area contributed by atoms with Crippen molar-refractivity contribution in [2.45, 2.75) is 37.8 Å². The lowest BCUT2D eigenvalue weighted by Gasteiger charge is -2.23. The fraction of sp³-hybridized carbons (Fsp3) is 0.600. The Hall–Kier alpha value is -0.710. The first-order valence-corrected chi connectivity index (χ1v) is 5.88. The second kappa shape index (κ2) is 4.43. The van der Waals surface area contributed by atoms with Crippen molar-refractivity contribution in [3.8, 4) is 0 Å². The average molecular weight is 274 g/mol. The molecule has 1 aliphatic rings. The van der Waals surface area contributed by atoms with Crippen LogP contribution in [-0.2, 0) is 0 Å². The summed E-state index contributed by atoms with van der Waals surface area (Å²) in [5.41, 5.74) is 6.48. The molecule has 3 nitrogen and oxygen atoms in total. The summed E-state index contributed by atoms with van der Waals surface area (Å²) in [5.74, 6) is 0.735. The summed E-state index contributed by atoms with van der Waals surface area (Å²) in [4.78, 5) is 8.38. The van der Waals surface area contributed by atoms with Gasteiger partial charge in [0.25, 0.3) is 0 Å². The Morgan fingerprint density at radius 3 is 2.60 bits per heavy atom. The number of nitrogens with two attached hydrogens (primary N) is 1. The van der Waals surface area contributed by atoms with Crippen LogP contribution in [0.25, 0.3) is 0 Å². The minimum atomic E-state index is -0.633. The Labute approximate surface area is 96.4 Å². The zero-order chi connectivity index (χ0) is 10.8. The van der Waals surface area contributed by atoms with Gasteiger partial charge in [0.15, 0.2) is 5.82 Å². The normalized spacial score (nSPS) is 26.5. The monoisotopic (exact) mass is 273 g/mol.